The first kappa shape index (κ1) is 25.6. The molecule has 1 unspecified atom stereocenters. The minimum atomic E-state index is -0.854. The lowest BCUT2D eigenvalue weighted by atomic mass is 9.71. The number of allylic oxidation sites excluding steroid dienone is 4. The molecule has 5 rings (SSSR count). The van der Waals surface area contributed by atoms with Gasteiger partial charge in [-0.05, 0) is 110 Å². The van der Waals surface area contributed by atoms with Gasteiger partial charge in [-0.2, -0.15) is 0 Å². The molecule has 1 saturated carbocycles. The van der Waals surface area contributed by atoms with E-state index in [2.05, 4.69) is 25.2 Å². The van der Waals surface area contributed by atoms with E-state index in [-0.39, 0.29) is 16.9 Å². The second-order valence-corrected chi connectivity index (χ2v) is 10.8. The second kappa shape index (κ2) is 11.1. The highest BCUT2D eigenvalue weighted by Crippen LogP contribution is 2.42. The van der Waals surface area contributed by atoms with E-state index in [1.165, 1.54) is 44.6 Å². The average Bonchev–Trinajstić information content (AvgIpc) is 2.93. The molecular weight excluding hydrogens is 465 g/mol. The Morgan fingerprint density at radius 3 is 1.97 bits per heavy atom. The molecule has 0 heterocycles. The van der Waals surface area contributed by atoms with E-state index in [0.717, 1.165) is 36.2 Å². The van der Waals surface area contributed by atoms with E-state index in [4.69, 9.17) is 0 Å². The van der Waals surface area contributed by atoms with Crippen molar-refractivity contribution in [3.8, 4) is 22.3 Å². The lowest BCUT2D eigenvalue weighted by molar-refractivity contribution is 0.212. The summed E-state index contributed by atoms with van der Waals surface area (Å²) in [5, 5.41) is 0. The van der Waals surface area contributed by atoms with E-state index in [1.807, 2.05) is 12.1 Å². The van der Waals surface area contributed by atoms with Crippen LogP contribution in [0.1, 0.15) is 63.0 Å². The molecule has 1 atom stereocenters. The standard InChI is InChI=1S/C34H35F3/c1-3-4-23-6-8-24(9-7-23)25-10-12-26(13-11-25)29-18-20-30(32(35)21-29)27-14-16-28(17-15-27)31-19-5-22(2)33(36)34(31)37/h3-5,12,14-21,23-25H,6-11,13H2,1-2H3/b4-3+. The van der Waals surface area contributed by atoms with Crippen LogP contribution in [-0.2, 0) is 0 Å². The maximum absolute atomic E-state index is 15.2. The van der Waals surface area contributed by atoms with Crippen LogP contribution in [0.25, 0.3) is 27.8 Å². The van der Waals surface area contributed by atoms with Gasteiger partial charge in [-0.1, -0.05) is 66.8 Å². The van der Waals surface area contributed by atoms with E-state index < -0.39 is 11.6 Å². The highest BCUT2D eigenvalue weighted by molar-refractivity contribution is 5.74. The summed E-state index contributed by atoms with van der Waals surface area (Å²) in [4.78, 5) is 0. The van der Waals surface area contributed by atoms with Gasteiger partial charge in [-0.3, -0.25) is 0 Å². The van der Waals surface area contributed by atoms with Crippen molar-refractivity contribution in [2.45, 2.75) is 58.8 Å². The van der Waals surface area contributed by atoms with Gasteiger partial charge in [-0.15, -0.1) is 0 Å². The van der Waals surface area contributed by atoms with E-state index in [9.17, 15) is 8.78 Å². The van der Waals surface area contributed by atoms with Crippen molar-refractivity contribution in [3.05, 3.63) is 101 Å². The first-order valence-electron chi connectivity index (χ1n) is 13.6. The lowest BCUT2D eigenvalue weighted by Gasteiger charge is -2.34. The Morgan fingerprint density at radius 1 is 0.703 bits per heavy atom. The van der Waals surface area contributed by atoms with Gasteiger partial charge in [0.15, 0.2) is 11.6 Å². The Labute approximate surface area is 218 Å². The Morgan fingerprint density at radius 2 is 1.35 bits per heavy atom. The van der Waals surface area contributed by atoms with Crippen molar-refractivity contribution in [1.29, 1.82) is 0 Å². The fourth-order valence-corrected chi connectivity index (χ4v) is 6.27. The van der Waals surface area contributed by atoms with Crippen LogP contribution in [0.3, 0.4) is 0 Å². The monoisotopic (exact) mass is 500 g/mol. The summed E-state index contributed by atoms with van der Waals surface area (Å²) in [6, 6.07) is 15.6. The highest BCUT2D eigenvalue weighted by Gasteiger charge is 2.28. The third-order valence-corrected chi connectivity index (χ3v) is 8.52. The van der Waals surface area contributed by atoms with Crippen molar-refractivity contribution in [2.24, 2.45) is 17.8 Å². The zero-order chi connectivity index (χ0) is 25.9. The Kier molecular flexibility index (Phi) is 7.69. The van der Waals surface area contributed by atoms with Crippen LogP contribution in [0.5, 0.6) is 0 Å². The van der Waals surface area contributed by atoms with Gasteiger partial charge in [0.1, 0.15) is 5.82 Å². The van der Waals surface area contributed by atoms with Gasteiger partial charge in [0.25, 0.3) is 0 Å². The number of hydrogen-bond donors (Lipinski definition) is 0. The molecule has 0 N–H and O–H groups in total. The smallest absolute Gasteiger partial charge is 0.166 e. The normalized spacial score (nSPS) is 22.3. The maximum atomic E-state index is 15.2. The maximum Gasteiger partial charge on any atom is 0.166 e. The largest absolute Gasteiger partial charge is 0.206 e. The summed E-state index contributed by atoms with van der Waals surface area (Å²) < 4.78 is 43.6. The fraction of sp³-hybridized carbons (Fsp3) is 0.353. The van der Waals surface area contributed by atoms with Crippen LogP contribution >= 0.6 is 0 Å². The number of benzene rings is 3. The number of aryl methyl sites for hydroxylation is 1. The summed E-state index contributed by atoms with van der Waals surface area (Å²) in [5.74, 6) is 0.399. The van der Waals surface area contributed by atoms with Gasteiger partial charge < -0.3 is 0 Å². The molecule has 37 heavy (non-hydrogen) atoms. The molecule has 0 bridgehead atoms. The highest BCUT2D eigenvalue weighted by atomic mass is 19.2. The molecule has 2 aliphatic rings. The fourth-order valence-electron chi connectivity index (χ4n) is 6.27. The number of rotatable bonds is 5. The van der Waals surface area contributed by atoms with Crippen molar-refractivity contribution in [3.63, 3.8) is 0 Å². The van der Waals surface area contributed by atoms with Crippen LogP contribution in [-0.4, -0.2) is 0 Å². The van der Waals surface area contributed by atoms with Gasteiger partial charge in [-0.25, -0.2) is 13.2 Å². The van der Waals surface area contributed by atoms with Crippen molar-refractivity contribution in [2.75, 3.05) is 0 Å². The predicted molar refractivity (Wildman–Crippen MR) is 148 cm³/mol. The Balaban J connectivity index is 1.27. The third-order valence-electron chi connectivity index (χ3n) is 8.52. The zero-order valence-corrected chi connectivity index (χ0v) is 21.7. The average molecular weight is 501 g/mol. The molecule has 0 aliphatic heterocycles. The molecule has 0 amide bonds. The van der Waals surface area contributed by atoms with Crippen molar-refractivity contribution >= 4 is 5.57 Å². The first-order valence-corrected chi connectivity index (χ1v) is 13.6. The Bertz CT molecular complexity index is 1310. The zero-order valence-electron chi connectivity index (χ0n) is 21.7. The molecule has 0 saturated heterocycles. The van der Waals surface area contributed by atoms with E-state index >= 15 is 4.39 Å². The molecule has 1 fully saturated rings. The minimum Gasteiger partial charge on any atom is -0.206 e. The summed E-state index contributed by atoms with van der Waals surface area (Å²) >= 11 is 0. The topological polar surface area (TPSA) is 0 Å². The minimum absolute atomic E-state index is 0.207. The summed E-state index contributed by atoms with van der Waals surface area (Å²) in [6.45, 7) is 3.65. The molecule has 3 aromatic rings. The van der Waals surface area contributed by atoms with Crippen molar-refractivity contribution in [1.82, 2.24) is 0 Å². The lowest BCUT2D eigenvalue weighted by Crippen LogP contribution is -2.22. The quantitative estimate of drug-likeness (QED) is 0.306. The molecule has 3 aromatic carbocycles. The van der Waals surface area contributed by atoms with Gasteiger partial charge in [0, 0.05) is 11.1 Å². The summed E-state index contributed by atoms with van der Waals surface area (Å²) in [5.41, 5.74) is 4.48. The molecule has 0 radical (unpaired) electrons. The molecular formula is C34H35F3. The molecule has 192 valence electrons. The number of halogens is 3. The Hall–Kier alpha value is -3.07. The summed E-state index contributed by atoms with van der Waals surface area (Å²) in [6.07, 6.45) is 15.5. The summed E-state index contributed by atoms with van der Waals surface area (Å²) in [7, 11) is 0. The SMILES string of the molecule is C/C=C/C1CCC(C2CC=C(c3ccc(-c4ccc(-c5ccc(C)c(F)c5F)cc4)c(F)c3)CC2)CC1. The van der Waals surface area contributed by atoms with Crippen LogP contribution < -0.4 is 0 Å². The molecule has 0 aromatic heterocycles. The van der Waals surface area contributed by atoms with Gasteiger partial charge in [0.05, 0.1) is 0 Å². The molecule has 0 spiro atoms. The van der Waals surface area contributed by atoms with Crippen LogP contribution in [0.15, 0.2) is 72.8 Å². The molecule has 3 heteroatoms. The van der Waals surface area contributed by atoms with Crippen LogP contribution in [0.4, 0.5) is 13.2 Å². The van der Waals surface area contributed by atoms with Crippen molar-refractivity contribution < 1.29 is 13.2 Å². The number of hydrogen-bond acceptors (Lipinski definition) is 0. The van der Waals surface area contributed by atoms with E-state index in [1.54, 1.807) is 42.5 Å². The van der Waals surface area contributed by atoms with Crippen LogP contribution in [0, 0.1) is 42.1 Å². The van der Waals surface area contributed by atoms with Crippen LogP contribution in [0.2, 0.25) is 0 Å². The van der Waals surface area contributed by atoms with Gasteiger partial charge in [0.2, 0.25) is 0 Å². The third kappa shape index (κ3) is 5.46. The first-order chi connectivity index (χ1) is 17.9. The van der Waals surface area contributed by atoms with Gasteiger partial charge >= 0.3 is 0 Å². The second-order valence-electron chi connectivity index (χ2n) is 10.8. The molecule has 0 nitrogen and oxygen atoms in total. The van der Waals surface area contributed by atoms with E-state index in [0.29, 0.717) is 16.7 Å². The predicted octanol–water partition coefficient (Wildman–Crippen LogP) is 10.3. The molecule has 2 aliphatic carbocycles.